The van der Waals surface area contributed by atoms with Crippen molar-refractivity contribution in [3.05, 3.63) is 29.8 Å². The molecule has 0 heterocycles. The van der Waals surface area contributed by atoms with E-state index in [0.29, 0.717) is 5.56 Å². The Morgan fingerprint density at radius 2 is 2.30 bits per heavy atom. The lowest BCUT2D eigenvalue weighted by Crippen LogP contribution is -1.90. The maximum absolute atomic E-state index is 9.09. The van der Waals surface area contributed by atoms with E-state index in [9.17, 15) is 0 Å². The van der Waals surface area contributed by atoms with Gasteiger partial charge in [0, 0.05) is 5.56 Å². The average molecular weight is 137 g/mol. The van der Waals surface area contributed by atoms with Crippen molar-refractivity contribution in [3.8, 4) is 5.75 Å². The van der Waals surface area contributed by atoms with Gasteiger partial charge in [0.1, 0.15) is 5.75 Å². The molecule has 2 heteroatoms. The number of hydrogen-bond donors (Lipinski definition) is 2. The SMILES string of the molecule is CC(O)c1[c]cccc1O. The lowest BCUT2D eigenvalue weighted by molar-refractivity contribution is 0.194. The van der Waals surface area contributed by atoms with E-state index in [0.717, 1.165) is 0 Å². The Bertz CT molecular complexity index is 218. The molecule has 1 radical (unpaired) electrons. The van der Waals surface area contributed by atoms with Crippen LogP contribution in [-0.2, 0) is 0 Å². The zero-order valence-corrected chi connectivity index (χ0v) is 5.70. The first-order valence-electron chi connectivity index (χ1n) is 3.09. The van der Waals surface area contributed by atoms with Gasteiger partial charge in [0.15, 0.2) is 0 Å². The molecule has 0 aliphatic rings. The molecule has 53 valence electrons. The molecule has 1 aromatic carbocycles. The van der Waals surface area contributed by atoms with Crippen LogP contribution in [0.25, 0.3) is 0 Å². The highest BCUT2D eigenvalue weighted by atomic mass is 16.3. The zero-order valence-electron chi connectivity index (χ0n) is 5.70. The minimum atomic E-state index is -0.652. The van der Waals surface area contributed by atoms with Crippen LogP contribution in [0.4, 0.5) is 0 Å². The summed E-state index contributed by atoms with van der Waals surface area (Å²) >= 11 is 0. The van der Waals surface area contributed by atoms with E-state index in [2.05, 4.69) is 6.07 Å². The largest absolute Gasteiger partial charge is 0.508 e. The van der Waals surface area contributed by atoms with Crippen molar-refractivity contribution in [2.24, 2.45) is 0 Å². The van der Waals surface area contributed by atoms with Crippen LogP contribution in [0.3, 0.4) is 0 Å². The van der Waals surface area contributed by atoms with Crippen LogP contribution in [0.5, 0.6) is 5.75 Å². The highest BCUT2D eigenvalue weighted by Crippen LogP contribution is 2.21. The van der Waals surface area contributed by atoms with Crippen molar-refractivity contribution in [3.63, 3.8) is 0 Å². The van der Waals surface area contributed by atoms with Gasteiger partial charge in [-0.3, -0.25) is 0 Å². The Labute approximate surface area is 59.7 Å². The second-order valence-corrected chi connectivity index (χ2v) is 2.15. The zero-order chi connectivity index (χ0) is 7.56. The summed E-state index contributed by atoms with van der Waals surface area (Å²) < 4.78 is 0. The third kappa shape index (κ3) is 1.28. The van der Waals surface area contributed by atoms with Gasteiger partial charge in [-0.2, -0.15) is 0 Å². The van der Waals surface area contributed by atoms with Gasteiger partial charge in [-0.05, 0) is 19.1 Å². The molecule has 0 aliphatic carbocycles. The third-order valence-corrected chi connectivity index (χ3v) is 1.28. The molecule has 2 N–H and O–H groups in total. The summed E-state index contributed by atoms with van der Waals surface area (Å²) in [7, 11) is 0. The van der Waals surface area contributed by atoms with Gasteiger partial charge in [-0.1, -0.05) is 12.1 Å². The van der Waals surface area contributed by atoms with Gasteiger partial charge in [-0.15, -0.1) is 0 Å². The molecule has 1 rings (SSSR count). The van der Waals surface area contributed by atoms with Gasteiger partial charge < -0.3 is 10.2 Å². The van der Waals surface area contributed by atoms with Gasteiger partial charge in [0.2, 0.25) is 0 Å². The van der Waals surface area contributed by atoms with Crippen molar-refractivity contribution < 1.29 is 10.2 Å². The Morgan fingerprint density at radius 1 is 1.60 bits per heavy atom. The Kier molecular flexibility index (Phi) is 1.92. The van der Waals surface area contributed by atoms with Crippen LogP contribution in [0, 0.1) is 6.07 Å². The Hall–Kier alpha value is -1.02. The molecule has 0 amide bonds. The number of aliphatic hydroxyl groups is 1. The fourth-order valence-electron chi connectivity index (χ4n) is 0.775. The number of benzene rings is 1. The fourth-order valence-corrected chi connectivity index (χ4v) is 0.775. The van der Waals surface area contributed by atoms with E-state index in [4.69, 9.17) is 10.2 Å². The molecule has 1 atom stereocenters. The van der Waals surface area contributed by atoms with Gasteiger partial charge in [-0.25, -0.2) is 0 Å². The standard InChI is InChI=1S/C8H9O2/c1-6(9)7-4-2-3-5-8(7)10/h2-3,5-6,9-10H,1H3. The molecule has 0 fully saturated rings. The van der Waals surface area contributed by atoms with Crippen LogP contribution >= 0.6 is 0 Å². The number of aliphatic hydroxyl groups excluding tert-OH is 1. The number of phenolic OH excluding ortho intramolecular Hbond substituents is 1. The number of aromatic hydroxyl groups is 1. The highest BCUT2D eigenvalue weighted by molar-refractivity contribution is 5.31. The van der Waals surface area contributed by atoms with Crippen LogP contribution in [0.2, 0.25) is 0 Å². The molecular formula is C8H9O2. The topological polar surface area (TPSA) is 40.5 Å². The molecule has 0 aliphatic heterocycles. The van der Waals surface area contributed by atoms with Crippen LogP contribution < -0.4 is 0 Å². The second kappa shape index (κ2) is 2.71. The maximum atomic E-state index is 9.09. The van der Waals surface area contributed by atoms with E-state index in [1.807, 2.05) is 0 Å². The fraction of sp³-hybridized carbons (Fsp3) is 0.250. The Balaban J connectivity index is 3.03. The highest BCUT2D eigenvalue weighted by Gasteiger charge is 2.04. The van der Waals surface area contributed by atoms with E-state index in [1.54, 1.807) is 19.1 Å². The van der Waals surface area contributed by atoms with E-state index in [1.165, 1.54) is 6.07 Å². The average Bonchev–Trinajstić information content (AvgIpc) is 1.88. The van der Waals surface area contributed by atoms with Crippen molar-refractivity contribution in [2.75, 3.05) is 0 Å². The molecule has 0 saturated heterocycles. The summed E-state index contributed by atoms with van der Waals surface area (Å²) in [5.74, 6) is 0.0949. The minimum Gasteiger partial charge on any atom is -0.508 e. The molecule has 0 bridgehead atoms. The van der Waals surface area contributed by atoms with E-state index >= 15 is 0 Å². The summed E-state index contributed by atoms with van der Waals surface area (Å²) in [6, 6.07) is 7.58. The smallest absolute Gasteiger partial charge is 0.121 e. The van der Waals surface area contributed by atoms with Crippen molar-refractivity contribution >= 4 is 0 Å². The van der Waals surface area contributed by atoms with Crippen LogP contribution in [0.1, 0.15) is 18.6 Å². The van der Waals surface area contributed by atoms with E-state index in [-0.39, 0.29) is 5.75 Å². The lowest BCUT2D eigenvalue weighted by Gasteiger charge is -2.04. The quantitative estimate of drug-likeness (QED) is 0.611. The number of phenols is 1. The first-order chi connectivity index (χ1) is 4.72. The van der Waals surface area contributed by atoms with Gasteiger partial charge in [0.05, 0.1) is 6.10 Å². The Morgan fingerprint density at radius 3 is 2.70 bits per heavy atom. The number of rotatable bonds is 1. The summed E-state index contributed by atoms with van der Waals surface area (Å²) in [4.78, 5) is 0. The number of hydrogen-bond acceptors (Lipinski definition) is 2. The monoisotopic (exact) mass is 137 g/mol. The van der Waals surface area contributed by atoms with Crippen LogP contribution in [-0.4, -0.2) is 10.2 Å². The maximum Gasteiger partial charge on any atom is 0.121 e. The summed E-state index contributed by atoms with van der Waals surface area (Å²) in [5, 5.41) is 18.1. The molecule has 0 aromatic heterocycles. The third-order valence-electron chi connectivity index (χ3n) is 1.28. The van der Waals surface area contributed by atoms with Crippen molar-refractivity contribution in [1.29, 1.82) is 0 Å². The van der Waals surface area contributed by atoms with Crippen LogP contribution in [0.15, 0.2) is 18.2 Å². The molecule has 0 saturated carbocycles. The predicted molar refractivity (Wildman–Crippen MR) is 37.6 cm³/mol. The summed E-state index contributed by atoms with van der Waals surface area (Å²) in [6.07, 6.45) is -0.652. The van der Waals surface area contributed by atoms with Gasteiger partial charge >= 0.3 is 0 Å². The van der Waals surface area contributed by atoms with E-state index < -0.39 is 6.10 Å². The minimum absolute atomic E-state index is 0.0949. The van der Waals surface area contributed by atoms with Crippen molar-refractivity contribution in [2.45, 2.75) is 13.0 Å². The molecule has 1 aromatic rings. The predicted octanol–water partition coefficient (Wildman–Crippen LogP) is 1.25. The summed E-state index contributed by atoms with van der Waals surface area (Å²) in [5.41, 5.74) is 0.447. The molecular weight excluding hydrogens is 128 g/mol. The first kappa shape index (κ1) is 7.09. The summed E-state index contributed by atoms with van der Waals surface area (Å²) in [6.45, 7) is 1.59. The lowest BCUT2D eigenvalue weighted by atomic mass is 10.1. The van der Waals surface area contributed by atoms with Gasteiger partial charge in [0.25, 0.3) is 0 Å². The normalized spacial score (nSPS) is 13.0. The van der Waals surface area contributed by atoms with Crippen molar-refractivity contribution in [1.82, 2.24) is 0 Å². The molecule has 2 nitrogen and oxygen atoms in total. The molecule has 10 heavy (non-hydrogen) atoms. The first-order valence-corrected chi connectivity index (χ1v) is 3.09. The molecule has 1 unspecified atom stereocenters. The second-order valence-electron chi connectivity index (χ2n) is 2.15. The molecule has 0 spiro atoms.